The van der Waals surface area contributed by atoms with Crippen LogP contribution in [0.5, 0.6) is 11.5 Å². The van der Waals surface area contributed by atoms with Crippen molar-refractivity contribution in [3.05, 3.63) is 48.0 Å². The zero-order chi connectivity index (χ0) is 24.2. The summed E-state index contributed by atoms with van der Waals surface area (Å²) >= 11 is 0. The van der Waals surface area contributed by atoms with Crippen molar-refractivity contribution in [1.29, 1.82) is 0 Å². The number of oxime groups is 1. The first-order valence-corrected chi connectivity index (χ1v) is 13.1. The summed E-state index contributed by atoms with van der Waals surface area (Å²) in [5, 5.41) is 13.0. The van der Waals surface area contributed by atoms with Crippen molar-refractivity contribution in [3.8, 4) is 11.5 Å². The van der Waals surface area contributed by atoms with Crippen LogP contribution in [0.25, 0.3) is 0 Å². The van der Waals surface area contributed by atoms with Gasteiger partial charge in [-0.1, -0.05) is 12.1 Å². The maximum Gasteiger partial charge on any atom is 0.340 e. The minimum absolute atomic E-state index is 0.122. The van der Waals surface area contributed by atoms with Gasteiger partial charge in [-0.05, 0) is 47.3 Å². The summed E-state index contributed by atoms with van der Waals surface area (Å²) in [5.74, 6) is 0.428. The number of aliphatic hydroxyl groups excluding tert-OH is 1. The number of guanidine groups is 1. The van der Waals surface area contributed by atoms with E-state index < -0.39 is 24.9 Å². The van der Waals surface area contributed by atoms with E-state index in [1.807, 2.05) is 0 Å². The lowest BCUT2D eigenvalue weighted by Gasteiger charge is -2.13. The molecule has 0 radical (unpaired) electrons. The van der Waals surface area contributed by atoms with Crippen molar-refractivity contribution in [2.75, 3.05) is 19.5 Å². The van der Waals surface area contributed by atoms with E-state index >= 15 is 0 Å². The van der Waals surface area contributed by atoms with Gasteiger partial charge >= 0.3 is 10.1 Å². The van der Waals surface area contributed by atoms with E-state index in [4.69, 9.17) is 25.2 Å². The second-order valence-corrected chi connectivity index (χ2v) is 11.1. The van der Waals surface area contributed by atoms with Gasteiger partial charge in [-0.15, -0.1) is 0 Å². The highest BCUT2D eigenvalue weighted by Gasteiger charge is 2.38. The molecule has 2 unspecified atom stereocenters. The largest absolute Gasteiger partial charge is 0.493 e. The molecular weight excluding hydrogens is 474 g/mol. The molecule has 0 saturated heterocycles. The fraction of sp³-hybridized carbons (Fsp3) is 0.350. The van der Waals surface area contributed by atoms with Gasteiger partial charge in [0.15, 0.2) is 9.84 Å². The zero-order valence-corrected chi connectivity index (χ0v) is 19.4. The maximum absolute atomic E-state index is 12.8. The van der Waals surface area contributed by atoms with E-state index in [2.05, 4.69) is 5.16 Å². The van der Waals surface area contributed by atoms with Crippen LogP contribution in [-0.4, -0.2) is 47.4 Å². The van der Waals surface area contributed by atoms with Crippen LogP contribution in [0.3, 0.4) is 0 Å². The Hall–Kier alpha value is -3.03. The van der Waals surface area contributed by atoms with Crippen molar-refractivity contribution >= 4 is 25.9 Å². The van der Waals surface area contributed by atoms with Crippen LogP contribution in [-0.2, 0) is 31.4 Å². The Bertz CT molecular complexity index is 1240. The number of aliphatic hydroxyl groups is 1. The molecule has 0 heterocycles. The minimum atomic E-state index is -4.48. The highest BCUT2D eigenvalue weighted by atomic mass is 32.2. The average molecular weight is 500 g/mol. The predicted molar refractivity (Wildman–Crippen MR) is 119 cm³/mol. The molecule has 180 valence electrons. The van der Waals surface area contributed by atoms with Crippen molar-refractivity contribution in [1.82, 2.24) is 0 Å². The van der Waals surface area contributed by atoms with Crippen LogP contribution >= 0.6 is 0 Å². The van der Waals surface area contributed by atoms with Gasteiger partial charge in [0.1, 0.15) is 23.0 Å². The molecule has 1 aliphatic carbocycles. The highest BCUT2D eigenvalue weighted by Crippen LogP contribution is 2.39. The fourth-order valence-electron chi connectivity index (χ4n) is 3.12. The van der Waals surface area contributed by atoms with Crippen LogP contribution in [0.4, 0.5) is 0 Å². The van der Waals surface area contributed by atoms with Crippen LogP contribution in [0.15, 0.2) is 57.4 Å². The monoisotopic (exact) mass is 499 g/mol. The lowest BCUT2D eigenvalue weighted by molar-refractivity contribution is 0.126. The molecule has 33 heavy (non-hydrogen) atoms. The zero-order valence-electron chi connectivity index (χ0n) is 17.7. The fourth-order valence-corrected chi connectivity index (χ4v) is 5.64. The number of hydrogen-bond acceptors (Lipinski definition) is 9. The topological polar surface area (TPSA) is 181 Å². The molecule has 13 heteroatoms. The Morgan fingerprint density at radius 2 is 1.67 bits per heavy atom. The second-order valence-electron chi connectivity index (χ2n) is 7.61. The highest BCUT2D eigenvalue weighted by molar-refractivity contribution is 7.92. The van der Waals surface area contributed by atoms with Gasteiger partial charge in [0, 0.05) is 18.2 Å². The van der Waals surface area contributed by atoms with E-state index in [-0.39, 0.29) is 35.0 Å². The third-order valence-corrected chi connectivity index (χ3v) is 7.43. The normalized spacial score (nSPS) is 17.8. The quantitative estimate of drug-likeness (QED) is 0.171. The smallest absolute Gasteiger partial charge is 0.340 e. The lowest BCUT2D eigenvalue weighted by atomic mass is 10.2. The average Bonchev–Trinajstić information content (AvgIpc) is 3.49. The van der Waals surface area contributed by atoms with Crippen LogP contribution in [0.2, 0.25) is 0 Å². The van der Waals surface area contributed by atoms with Gasteiger partial charge < -0.3 is 30.3 Å². The first kappa shape index (κ1) is 24.6. The van der Waals surface area contributed by atoms with E-state index in [9.17, 15) is 21.9 Å². The number of sulfone groups is 1. The van der Waals surface area contributed by atoms with Crippen LogP contribution in [0.1, 0.15) is 12.0 Å². The van der Waals surface area contributed by atoms with Crippen molar-refractivity contribution < 1.29 is 35.7 Å². The summed E-state index contributed by atoms with van der Waals surface area (Å²) in [5.41, 5.74) is 10.7. The van der Waals surface area contributed by atoms with Crippen molar-refractivity contribution in [2.24, 2.45) is 28.5 Å². The molecule has 1 saturated carbocycles. The summed E-state index contributed by atoms with van der Waals surface area (Å²) in [7, 11) is -8.29. The molecule has 2 aromatic carbocycles. The molecule has 0 amide bonds. The van der Waals surface area contributed by atoms with Gasteiger partial charge in [-0.25, -0.2) is 8.42 Å². The molecule has 11 nitrogen and oxygen atoms in total. The predicted octanol–water partition coefficient (Wildman–Crippen LogP) is 0.570. The molecule has 0 aliphatic heterocycles. The number of hydrogen-bond donors (Lipinski definition) is 3. The van der Waals surface area contributed by atoms with E-state index in [1.165, 1.54) is 30.3 Å². The Balaban J connectivity index is 1.72. The van der Waals surface area contributed by atoms with Crippen molar-refractivity contribution in [2.45, 2.75) is 22.8 Å². The SMILES string of the molecule is CS(=O)(=O)c1ccccc1S(=O)(=O)Oc1cc(CO)cc(OCC2CC2CON=C(N)N)c1. The molecule has 1 fully saturated rings. The first-order chi connectivity index (χ1) is 15.5. The summed E-state index contributed by atoms with van der Waals surface area (Å²) in [4.78, 5) is 4.15. The molecular formula is C20H25N3O8S2. The third-order valence-electron chi connectivity index (χ3n) is 4.84. The van der Waals surface area contributed by atoms with Gasteiger partial charge in [0.2, 0.25) is 5.96 Å². The van der Waals surface area contributed by atoms with E-state index in [0.717, 1.165) is 18.7 Å². The molecule has 2 aromatic rings. The standard InChI is InChI=1S/C20H25N3O8S2/c1-32(25,26)18-4-2-3-5-19(18)33(27,28)31-17-7-13(10-24)6-16(9-17)29-11-14-8-15(14)12-30-23-20(21)22/h2-7,9,14-15,24H,8,10-12H2,1H3,(H4,21,22,23). The van der Waals surface area contributed by atoms with Gasteiger partial charge in [0.05, 0.1) is 18.1 Å². The Labute approximate surface area is 192 Å². The van der Waals surface area contributed by atoms with Gasteiger partial charge in [0.25, 0.3) is 0 Å². The lowest BCUT2D eigenvalue weighted by Crippen LogP contribution is -2.23. The molecule has 0 spiro atoms. The van der Waals surface area contributed by atoms with Crippen LogP contribution < -0.4 is 20.4 Å². The molecule has 3 rings (SSSR count). The number of ether oxygens (including phenoxy) is 1. The summed E-state index contributed by atoms with van der Waals surface area (Å²) in [6.07, 6.45) is 1.76. The number of rotatable bonds is 11. The Morgan fingerprint density at radius 3 is 2.30 bits per heavy atom. The number of benzene rings is 2. The Morgan fingerprint density at radius 1 is 1.03 bits per heavy atom. The molecule has 0 bridgehead atoms. The molecule has 0 aromatic heterocycles. The van der Waals surface area contributed by atoms with Crippen molar-refractivity contribution in [3.63, 3.8) is 0 Å². The molecule has 1 aliphatic rings. The van der Waals surface area contributed by atoms with Gasteiger partial charge in [-0.2, -0.15) is 8.42 Å². The van der Waals surface area contributed by atoms with E-state index in [1.54, 1.807) is 6.07 Å². The second kappa shape index (κ2) is 9.85. The van der Waals surface area contributed by atoms with Crippen LogP contribution in [0, 0.1) is 11.8 Å². The number of nitrogens with two attached hydrogens (primary N) is 2. The molecule has 2 atom stereocenters. The first-order valence-electron chi connectivity index (χ1n) is 9.81. The maximum atomic E-state index is 12.8. The summed E-state index contributed by atoms with van der Waals surface area (Å²) < 4.78 is 60.5. The number of nitrogens with zero attached hydrogens (tertiary/aromatic N) is 1. The van der Waals surface area contributed by atoms with E-state index in [0.29, 0.717) is 24.5 Å². The summed E-state index contributed by atoms with van der Waals surface area (Å²) in [6, 6.07) is 9.39. The third kappa shape index (κ3) is 6.73. The van der Waals surface area contributed by atoms with Gasteiger partial charge in [-0.3, -0.25) is 0 Å². The Kier molecular flexibility index (Phi) is 7.34. The minimum Gasteiger partial charge on any atom is -0.493 e. The molecule has 5 N–H and O–H groups in total. The summed E-state index contributed by atoms with van der Waals surface area (Å²) in [6.45, 7) is 0.286.